The molecule has 0 aromatic heterocycles. The first kappa shape index (κ1) is 9.13. The van der Waals surface area contributed by atoms with E-state index in [0.717, 1.165) is 10.8 Å². The van der Waals surface area contributed by atoms with Gasteiger partial charge in [0.2, 0.25) is 0 Å². The summed E-state index contributed by atoms with van der Waals surface area (Å²) in [5.74, 6) is 0. The van der Waals surface area contributed by atoms with Crippen LogP contribution in [0.2, 0.25) is 0 Å². The molecule has 0 bridgehead atoms. The highest BCUT2D eigenvalue weighted by atomic mass is 19.1. The molecule has 0 saturated carbocycles. The molecule has 72 valence electrons. The van der Waals surface area contributed by atoms with Crippen LogP contribution >= 0.6 is 0 Å². The Morgan fingerprint density at radius 1 is 0.857 bits per heavy atom. The van der Waals surface area contributed by atoms with Crippen LogP contribution in [0.5, 0.6) is 0 Å². The highest BCUT2D eigenvalue weighted by Gasteiger charge is 2.06. The summed E-state index contributed by atoms with van der Waals surface area (Å²) < 4.78 is 25.3. The van der Waals surface area contributed by atoms with Gasteiger partial charge in [-0.15, -0.1) is 0 Å². The summed E-state index contributed by atoms with van der Waals surface area (Å²) in [6.07, 6.45) is 0. The van der Waals surface area contributed by atoms with Gasteiger partial charge in [0.15, 0.2) is 0 Å². The summed E-state index contributed by atoms with van der Waals surface area (Å²) in [5, 5.41) is 1.77. The van der Waals surface area contributed by atoms with Gasteiger partial charge in [0.05, 0.1) is 0 Å². The molecule has 0 spiro atoms. The second kappa shape index (κ2) is 3.74. The van der Waals surface area contributed by atoms with Crippen molar-refractivity contribution in [2.45, 2.75) is 13.3 Å². The molecule has 0 heterocycles. The number of hydrogen-bond donors (Lipinski definition) is 0. The molecule has 0 N–H and O–H groups in total. The number of benzene rings is 2. The Morgan fingerprint density at radius 2 is 1.64 bits per heavy atom. The molecule has 2 aromatic rings. The zero-order valence-corrected chi connectivity index (χ0v) is 7.63. The van der Waals surface area contributed by atoms with Gasteiger partial charge >= 0.3 is 0 Å². The highest BCUT2D eigenvalue weighted by Crippen LogP contribution is 2.23. The van der Waals surface area contributed by atoms with Crippen molar-refractivity contribution in [3.63, 3.8) is 0 Å². The minimum atomic E-state index is -0.611. The van der Waals surface area contributed by atoms with E-state index in [0.29, 0.717) is 11.1 Å². The molecule has 0 radical (unpaired) electrons. The fraction of sp³-hybridized carbons (Fsp3) is 0.167. The normalized spacial score (nSPS) is 10.7. The highest BCUT2D eigenvalue weighted by molar-refractivity contribution is 5.86. The van der Waals surface area contributed by atoms with E-state index in [2.05, 4.69) is 0 Å². The molecule has 14 heavy (non-hydrogen) atoms. The Kier molecular flexibility index (Phi) is 2.44. The van der Waals surface area contributed by atoms with Crippen LogP contribution in [0.1, 0.15) is 11.1 Å². The van der Waals surface area contributed by atoms with Crippen LogP contribution in [0.4, 0.5) is 8.78 Å². The summed E-state index contributed by atoms with van der Waals surface area (Å²) in [5.41, 5.74) is 0.928. The van der Waals surface area contributed by atoms with E-state index in [1.165, 1.54) is 0 Å². The van der Waals surface area contributed by atoms with E-state index in [4.69, 9.17) is 0 Å². The van der Waals surface area contributed by atoms with Gasteiger partial charge in [-0.1, -0.05) is 36.4 Å². The van der Waals surface area contributed by atoms with Crippen LogP contribution in [-0.2, 0) is 13.3 Å². The molecule has 0 aliphatic rings. The number of hydrogen-bond acceptors (Lipinski definition) is 0. The van der Waals surface area contributed by atoms with Crippen LogP contribution in [0.3, 0.4) is 0 Å². The first-order valence-corrected chi connectivity index (χ1v) is 4.48. The minimum Gasteiger partial charge on any atom is -0.246 e. The van der Waals surface area contributed by atoms with Crippen molar-refractivity contribution in [2.24, 2.45) is 0 Å². The quantitative estimate of drug-likeness (QED) is 0.679. The Balaban J connectivity index is 2.77. The van der Waals surface area contributed by atoms with Crippen LogP contribution in [0.15, 0.2) is 36.4 Å². The van der Waals surface area contributed by atoms with Gasteiger partial charge in [-0.25, -0.2) is 8.78 Å². The molecule has 0 aliphatic carbocycles. The zero-order valence-electron chi connectivity index (χ0n) is 7.63. The first-order chi connectivity index (χ1) is 6.86. The largest absolute Gasteiger partial charge is 0.246 e. The molecule has 2 rings (SSSR count). The van der Waals surface area contributed by atoms with E-state index >= 15 is 0 Å². The Morgan fingerprint density at radius 3 is 2.36 bits per heavy atom. The molecule has 2 heteroatoms. The molecular weight excluding hydrogens is 182 g/mol. The number of rotatable bonds is 2. The molecule has 2 aromatic carbocycles. The fourth-order valence-corrected chi connectivity index (χ4v) is 1.66. The van der Waals surface area contributed by atoms with Gasteiger partial charge < -0.3 is 0 Å². The van der Waals surface area contributed by atoms with Gasteiger partial charge in [0.1, 0.15) is 13.3 Å². The summed E-state index contributed by atoms with van der Waals surface area (Å²) in [7, 11) is 0. The lowest BCUT2D eigenvalue weighted by molar-refractivity contribution is 0.456. The lowest BCUT2D eigenvalue weighted by Gasteiger charge is -2.06. The molecular formula is C12H10F2. The van der Waals surface area contributed by atoms with Crippen molar-refractivity contribution in [3.05, 3.63) is 47.5 Å². The van der Waals surface area contributed by atoms with Gasteiger partial charge in [0, 0.05) is 0 Å². The van der Waals surface area contributed by atoms with E-state index in [1.54, 1.807) is 6.07 Å². The standard InChI is InChI=1S/C12H10F2/c13-7-10-6-5-9-3-1-2-4-11(9)12(10)8-14/h1-6H,7-8H2. The fourth-order valence-electron chi connectivity index (χ4n) is 1.66. The van der Waals surface area contributed by atoms with Crippen LogP contribution in [-0.4, -0.2) is 0 Å². The Hall–Kier alpha value is -1.44. The summed E-state index contributed by atoms with van der Waals surface area (Å²) in [6.45, 7) is -1.22. The van der Waals surface area contributed by atoms with Gasteiger partial charge in [-0.2, -0.15) is 0 Å². The third-order valence-corrected chi connectivity index (χ3v) is 2.42. The monoisotopic (exact) mass is 192 g/mol. The smallest absolute Gasteiger partial charge is 0.115 e. The van der Waals surface area contributed by atoms with Crippen molar-refractivity contribution >= 4 is 10.8 Å². The van der Waals surface area contributed by atoms with Gasteiger partial charge in [0.25, 0.3) is 0 Å². The molecule has 0 atom stereocenters. The van der Waals surface area contributed by atoms with E-state index < -0.39 is 13.3 Å². The maximum absolute atomic E-state index is 12.7. The van der Waals surface area contributed by atoms with Crippen LogP contribution < -0.4 is 0 Å². The molecule has 0 unspecified atom stereocenters. The van der Waals surface area contributed by atoms with Crippen molar-refractivity contribution in [2.75, 3.05) is 0 Å². The Bertz CT molecular complexity index is 449. The number of fused-ring (bicyclic) bond motifs is 1. The second-order valence-electron chi connectivity index (χ2n) is 3.19. The second-order valence-corrected chi connectivity index (χ2v) is 3.19. The van der Waals surface area contributed by atoms with Crippen LogP contribution in [0.25, 0.3) is 10.8 Å². The van der Waals surface area contributed by atoms with E-state index in [9.17, 15) is 8.78 Å². The third-order valence-electron chi connectivity index (χ3n) is 2.42. The van der Waals surface area contributed by atoms with Gasteiger partial charge in [-0.05, 0) is 21.9 Å². The summed E-state index contributed by atoms with van der Waals surface area (Å²) in [4.78, 5) is 0. The van der Waals surface area contributed by atoms with E-state index in [1.807, 2.05) is 30.3 Å². The van der Waals surface area contributed by atoms with Crippen molar-refractivity contribution < 1.29 is 8.78 Å². The lowest BCUT2D eigenvalue weighted by Crippen LogP contribution is -1.90. The van der Waals surface area contributed by atoms with Crippen molar-refractivity contribution in [1.82, 2.24) is 0 Å². The molecule has 0 fully saturated rings. The first-order valence-electron chi connectivity index (χ1n) is 4.48. The van der Waals surface area contributed by atoms with E-state index in [-0.39, 0.29) is 0 Å². The lowest BCUT2D eigenvalue weighted by atomic mass is 10.0. The van der Waals surface area contributed by atoms with Gasteiger partial charge in [-0.3, -0.25) is 0 Å². The zero-order chi connectivity index (χ0) is 9.97. The molecule has 0 saturated heterocycles. The number of alkyl halides is 2. The third kappa shape index (κ3) is 1.37. The predicted molar refractivity (Wildman–Crippen MR) is 53.6 cm³/mol. The summed E-state index contributed by atoms with van der Waals surface area (Å²) in [6, 6.07) is 10.9. The average molecular weight is 192 g/mol. The molecule has 0 nitrogen and oxygen atoms in total. The molecule has 0 aliphatic heterocycles. The minimum absolute atomic E-state index is 0.450. The average Bonchev–Trinajstić information content (AvgIpc) is 2.27. The topological polar surface area (TPSA) is 0 Å². The SMILES string of the molecule is FCc1ccc2ccccc2c1CF. The predicted octanol–water partition coefficient (Wildman–Crippen LogP) is 3.78. The summed E-state index contributed by atoms with van der Waals surface area (Å²) >= 11 is 0. The van der Waals surface area contributed by atoms with Crippen LogP contribution in [0, 0.1) is 0 Å². The Labute approximate surface area is 81.2 Å². The van der Waals surface area contributed by atoms with Crippen molar-refractivity contribution in [1.29, 1.82) is 0 Å². The number of halogens is 2. The maximum atomic E-state index is 12.7. The molecule has 0 amide bonds. The van der Waals surface area contributed by atoms with Crippen molar-refractivity contribution in [3.8, 4) is 0 Å². The maximum Gasteiger partial charge on any atom is 0.115 e.